The van der Waals surface area contributed by atoms with E-state index in [2.05, 4.69) is 14.8 Å². The molecule has 4 N–H and O–H groups in total. The third-order valence-corrected chi connectivity index (χ3v) is 5.63. The molecule has 0 saturated heterocycles. The minimum Gasteiger partial charge on any atom is -0.496 e. The SMILES string of the molecule is COc1cc(-c2cnn3cc(OC(C)C(C)(C)OP(O)O)cnc23)cc(OC(F)F)c1C(N)=O. The second-order valence-corrected chi connectivity index (χ2v) is 8.31. The fourth-order valence-electron chi connectivity index (χ4n) is 3.09. The molecule has 2 heterocycles. The van der Waals surface area contributed by atoms with Gasteiger partial charge in [0, 0.05) is 5.56 Å². The molecule has 11 nitrogen and oxygen atoms in total. The minimum absolute atomic E-state index is 0.0521. The van der Waals surface area contributed by atoms with Gasteiger partial charge in [-0.25, -0.2) is 9.50 Å². The van der Waals surface area contributed by atoms with Crippen molar-refractivity contribution in [3.05, 3.63) is 36.3 Å². The van der Waals surface area contributed by atoms with Gasteiger partial charge in [-0.1, -0.05) is 0 Å². The lowest BCUT2D eigenvalue weighted by atomic mass is 10.0. The molecule has 184 valence electrons. The highest BCUT2D eigenvalue weighted by Crippen LogP contribution is 2.38. The van der Waals surface area contributed by atoms with Gasteiger partial charge in [-0.15, -0.1) is 0 Å². The van der Waals surface area contributed by atoms with Crippen LogP contribution in [0.1, 0.15) is 31.1 Å². The summed E-state index contributed by atoms with van der Waals surface area (Å²) in [6, 6.07) is 2.66. The summed E-state index contributed by atoms with van der Waals surface area (Å²) < 4.78 is 47.8. The van der Waals surface area contributed by atoms with Gasteiger partial charge in [0.25, 0.3) is 5.91 Å². The average molecular weight is 500 g/mol. The predicted molar refractivity (Wildman–Crippen MR) is 117 cm³/mol. The van der Waals surface area contributed by atoms with Gasteiger partial charge in [-0.05, 0) is 38.5 Å². The number of aromatic nitrogens is 3. The van der Waals surface area contributed by atoms with E-state index in [0.717, 1.165) is 0 Å². The molecule has 0 aliphatic rings. The second-order valence-electron chi connectivity index (χ2n) is 7.62. The minimum atomic E-state index is -3.19. The van der Waals surface area contributed by atoms with Crippen LogP contribution in [-0.2, 0) is 4.52 Å². The summed E-state index contributed by atoms with van der Waals surface area (Å²) in [4.78, 5) is 34.4. The van der Waals surface area contributed by atoms with E-state index in [-0.39, 0.29) is 11.3 Å². The highest BCUT2D eigenvalue weighted by Gasteiger charge is 2.32. The topological polar surface area (TPSA) is 151 Å². The number of alkyl halides is 2. The molecule has 14 heteroatoms. The first-order chi connectivity index (χ1) is 15.9. The summed E-state index contributed by atoms with van der Waals surface area (Å²) in [5.41, 5.74) is 5.11. The largest absolute Gasteiger partial charge is 0.496 e. The van der Waals surface area contributed by atoms with Gasteiger partial charge in [0.15, 0.2) is 11.4 Å². The Bertz CT molecular complexity index is 1190. The molecule has 2 aromatic heterocycles. The monoisotopic (exact) mass is 500 g/mol. The van der Waals surface area contributed by atoms with Gasteiger partial charge in [-0.3, -0.25) is 4.79 Å². The smallest absolute Gasteiger partial charge is 0.387 e. The van der Waals surface area contributed by atoms with Crippen molar-refractivity contribution in [2.75, 3.05) is 7.11 Å². The van der Waals surface area contributed by atoms with E-state index in [1.807, 2.05) is 0 Å². The quantitative estimate of drug-likeness (QED) is 0.357. The fourth-order valence-corrected chi connectivity index (χ4v) is 3.66. The molecule has 1 aromatic carbocycles. The van der Waals surface area contributed by atoms with Gasteiger partial charge in [0.2, 0.25) is 0 Å². The second kappa shape index (κ2) is 10.0. The first-order valence-corrected chi connectivity index (χ1v) is 10.9. The van der Waals surface area contributed by atoms with E-state index in [4.69, 9.17) is 29.5 Å². The van der Waals surface area contributed by atoms with E-state index in [9.17, 15) is 13.6 Å². The molecule has 1 unspecified atom stereocenters. The van der Waals surface area contributed by atoms with Crippen LogP contribution in [0.5, 0.6) is 17.2 Å². The molecule has 3 rings (SSSR count). The number of benzene rings is 1. The van der Waals surface area contributed by atoms with Crippen molar-refractivity contribution >= 4 is 20.2 Å². The summed E-state index contributed by atoms with van der Waals surface area (Å²) in [7, 11) is -1.31. The Balaban J connectivity index is 1.98. The summed E-state index contributed by atoms with van der Waals surface area (Å²) in [6.07, 6.45) is 3.80. The number of carbonyl (C=O) groups excluding carboxylic acids is 1. The first kappa shape index (κ1) is 25.5. The molecule has 0 spiro atoms. The number of primary amides is 1. The third-order valence-electron chi connectivity index (χ3n) is 5.00. The zero-order valence-corrected chi connectivity index (χ0v) is 19.5. The molecule has 0 radical (unpaired) electrons. The summed E-state index contributed by atoms with van der Waals surface area (Å²) in [5, 5.41) is 4.22. The highest BCUT2D eigenvalue weighted by atomic mass is 31.2. The number of fused-ring (bicyclic) bond motifs is 1. The number of amides is 1. The number of ether oxygens (including phenoxy) is 3. The van der Waals surface area contributed by atoms with Crippen molar-refractivity contribution < 1.29 is 42.1 Å². The van der Waals surface area contributed by atoms with Gasteiger partial charge in [0.1, 0.15) is 28.8 Å². The molecule has 34 heavy (non-hydrogen) atoms. The molecule has 0 aliphatic carbocycles. The molecule has 0 bridgehead atoms. The van der Waals surface area contributed by atoms with Crippen LogP contribution in [0.3, 0.4) is 0 Å². The number of nitrogens with two attached hydrogens (primary N) is 1. The highest BCUT2D eigenvalue weighted by molar-refractivity contribution is 7.39. The summed E-state index contributed by atoms with van der Waals surface area (Å²) >= 11 is 0. The van der Waals surface area contributed by atoms with Crippen molar-refractivity contribution in [1.29, 1.82) is 0 Å². The Kier molecular flexibility index (Phi) is 7.51. The van der Waals surface area contributed by atoms with Crippen molar-refractivity contribution in [3.8, 4) is 28.4 Å². The number of carbonyl (C=O) groups is 1. The lowest BCUT2D eigenvalue weighted by molar-refractivity contribution is -0.0502. The fraction of sp³-hybridized carbons (Fsp3) is 0.350. The molecule has 0 saturated carbocycles. The number of nitrogens with zero attached hydrogens (tertiary/aromatic N) is 3. The standard InChI is InChI=1S/C20H23F2N4O7P/c1-10(20(2,3)33-34(28)29)31-12-7-24-18-13(8-25-26(18)9-12)11-5-14(30-4)16(17(23)27)15(6-11)32-19(21)22/h5-10,19,28-29H,1-4H3,(H2,23,27). The Labute approximate surface area is 194 Å². The average Bonchev–Trinajstić information content (AvgIpc) is 3.14. The first-order valence-electron chi connectivity index (χ1n) is 9.77. The molecule has 3 aromatic rings. The normalized spacial score (nSPS) is 12.9. The van der Waals surface area contributed by atoms with Gasteiger partial charge < -0.3 is 34.3 Å². The molecule has 1 atom stereocenters. The van der Waals surface area contributed by atoms with Gasteiger partial charge >= 0.3 is 15.2 Å². The van der Waals surface area contributed by atoms with E-state index in [1.165, 1.54) is 42.3 Å². The van der Waals surface area contributed by atoms with Crippen LogP contribution in [0.2, 0.25) is 0 Å². The van der Waals surface area contributed by atoms with Crippen molar-refractivity contribution in [2.45, 2.75) is 39.1 Å². The number of hydrogen-bond donors (Lipinski definition) is 3. The Morgan fingerprint density at radius 1 is 1.21 bits per heavy atom. The van der Waals surface area contributed by atoms with E-state index >= 15 is 0 Å². The zero-order chi connectivity index (χ0) is 25.2. The van der Waals surface area contributed by atoms with E-state index in [1.54, 1.807) is 20.8 Å². The van der Waals surface area contributed by atoms with Crippen LogP contribution in [0.25, 0.3) is 16.8 Å². The van der Waals surface area contributed by atoms with Crippen molar-refractivity contribution in [3.63, 3.8) is 0 Å². The van der Waals surface area contributed by atoms with Gasteiger partial charge in [0.05, 0.1) is 25.7 Å². The van der Waals surface area contributed by atoms with Crippen LogP contribution in [0.4, 0.5) is 8.78 Å². The maximum Gasteiger partial charge on any atom is 0.387 e. The number of methoxy groups -OCH3 is 1. The Hall–Kier alpha value is -3.12. The van der Waals surface area contributed by atoms with Crippen LogP contribution in [0, 0.1) is 0 Å². The Morgan fingerprint density at radius 3 is 2.47 bits per heavy atom. The number of rotatable bonds is 10. The van der Waals surface area contributed by atoms with E-state index < -0.39 is 38.6 Å². The van der Waals surface area contributed by atoms with Crippen LogP contribution >= 0.6 is 8.60 Å². The predicted octanol–water partition coefficient (Wildman–Crippen LogP) is 2.88. The van der Waals surface area contributed by atoms with E-state index in [0.29, 0.717) is 22.5 Å². The Morgan fingerprint density at radius 2 is 1.88 bits per heavy atom. The zero-order valence-electron chi connectivity index (χ0n) is 18.6. The van der Waals surface area contributed by atoms with Crippen molar-refractivity contribution in [1.82, 2.24) is 14.6 Å². The lowest BCUT2D eigenvalue weighted by Crippen LogP contribution is -2.39. The maximum absolute atomic E-state index is 12.9. The van der Waals surface area contributed by atoms with Crippen LogP contribution < -0.4 is 19.9 Å². The summed E-state index contributed by atoms with van der Waals surface area (Å²) in [6.45, 7) is 1.77. The maximum atomic E-state index is 12.9. The molecular formula is C20H23F2N4O7P. The van der Waals surface area contributed by atoms with Crippen LogP contribution in [0.15, 0.2) is 30.7 Å². The third kappa shape index (κ3) is 5.50. The van der Waals surface area contributed by atoms with Crippen molar-refractivity contribution in [2.24, 2.45) is 5.73 Å². The summed E-state index contributed by atoms with van der Waals surface area (Å²) in [5.74, 6) is -1.17. The number of halogens is 2. The number of hydrogen-bond acceptors (Lipinski definition) is 9. The molecule has 1 amide bonds. The van der Waals surface area contributed by atoms with Gasteiger partial charge in [-0.2, -0.15) is 13.9 Å². The lowest BCUT2D eigenvalue weighted by Gasteiger charge is -2.31. The molecule has 0 aliphatic heterocycles. The molecule has 0 fully saturated rings. The molecular weight excluding hydrogens is 477 g/mol. The van der Waals surface area contributed by atoms with Crippen LogP contribution in [-0.4, -0.2) is 55.7 Å².